The highest BCUT2D eigenvalue weighted by Crippen LogP contribution is 2.46. The van der Waals surface area contributed by atoms with Gasteiger partial charge in [-0.15, -0.1) is 11.3 Å². The fraction of sp³-hybridized carbons (Fsp3) is 0.440. The number of nitrogens with zero attached hydrogens (tertiary/aromatic N) is 4. The monoisotopic (exact) mass is 432 g/mol. The minimum absolute atomic E-state index is 0.129. The van der Waals surface area contributed by atoms with Crippen LogP contribution in [0, 0.1) is 11.3 Å². The van der Waals surface area contributed by atoms with Crippen LogP contribution >= 0.6 is 11.3 Å². The van der Waals surface area contributed by atoms with Gasteiger partial charge in [-0.1, -0.05) is 12.1 Å². The molecule has 0 N–H and O–H groups in total. The van der Waals surface area contributed by atoms with Crippen LogP contribution in [0.3, 0.4) is 0 Å². The molecule has 1 aliphatic heterocycles. The van der Waals surface area contributed by atoms with E-state index in [9.17, 15) is 5.26 Å². The summed E-state index contributed by atoms with van der Waals surface area (Å²) in [6.07, 6.45) is 2.52. The Bertz CT molecular complexity index is 1090. The zero-order valence-electron chi connectivity index (χ0n) is 18.2. The third kappa shape index (κ3) is 4.39. The first-order valence-electron chi connectivity index (χ1n) is 11.2. The van der Waals surface area contributed by atoms with Gasteiger partial charge in [0.25, 0.3) is 0 Å². The Morgan fingerprint density at radius 2 is 1.94 bits per heavy atom. The van der Waals surface area contributed by atoms with Gasteiger partial charge in [0.1, 0.15) is 16.8 Å². The van der Waals surface area contributed by atoms with Gasteiger partial charge in [0.2, 0.25) is 0 Å². The van der Waals surface area contributed by atoms with E-state index in [1.165, 1.54) is 28.1 Å². The maximum Gasteiger partial charge on any atom is 0.125 e. The number of hydrogen-bond donors (Lipinski definition) is 0. The fourth-order valence-corrected chi connectivity index (χ4v) is 5.34. The number of anilines is 1. The standard InChI is InChI=1S/C25H28N4OS/c1-17(2)30-23-14-22(19(15-26)13-20(23)18-7-8-18)29-11-9-28(10-12-29)16-25-27-21-5-3-4-6-24(21)31-25/h3-6,13-14,17-18H,7-12,16H2,1-2H3. The predicted molar refractivity (Wildman–Crippen MR) is 126 cm³/mol. The summed E-state index contributed by atoms with van der Waals surface area (Å²) >= 11 is 1.79. The summed E-state index contributed by atoms with van der Waals surface area (Å²) in [6, 6.07) is 15.0. The lowest BCUT2D eigenvalue weighted by atomic mass is 10.0. The molecule has 1 aromatic heterocycles. The number of rotatable bonds is 6. The number of benzene rings is 2. The van der Waals surface area contributed by atoms with Crippen molar-refractivity contribution >= 4 is 27.2 Å². The second-order valence-corrected chi connectivity index (χ2v) is 9.91. The Balaban J connectivity index is 1.30. The summed E-state index contributed by atoms with van der Waals surface area (Å²) in [5, 5.41) is 11.0. The Labute approximate surface area is 187 Å². The summed E-state index contributed by atoms with van der Waals surface area (Å²) < 4.78 is 7.41. The zero-order valence-corrected chi connectivity index (χ0v) is 19.0. The van der Waals surface area contributed by atoms with Crippen LogP contribution in [0.5, 0.6) is 5.75 Å². The molecule has 0 spiro atoms. The number of hydrogen-bond acceptors (Lipinski definition) is 6. The van der Waals surface area contributed by atoms with Crippen molar-refractivity contribution in [2.45, 2.75) is 45.3 Å². The Morgan fingerprint density at radius 1 is 1.16 bits per heavy atom. The number of fused-ring (bicyclic) bond motifs is 1. The van der Waals surface area contributed by atoms with Crippen molar-refractivity contribution in [3.8, 4) is 11.8 Å². The lowest BCUT2D eigenvalue weighted by Crippen LogP contribution is -2.46. The maximum atomic E-state index is 9.83. The van der Waals surface area contributed by atoms with E-state index in [4.69, 9.17) is 9.72 Å². The smallest absolute Gasteiger partial charge is 0.125 e. The summed E-state index contributed by atoms with van der Waals surface area (Å²) in [6.45, 7) is 8.76. The molecule has 0 radical (unpaired) electrons. The second kappa shape index (κ2) is 8.49. The van der Waals surface area contributed by atoms with Crippen molar-refractivity contribution in [1.82, 2.24) is 9.88 Å². The SMILES string of the molecule is CC(C)Oc1cc(N2CCN(Cc3nc4ccccc4s3)CC2)c(C#N)cc1C1CC1. The van der Waals surface area contributed by atoms with Crippen molar-refractivity contribution in [2.24, 2.45) is 0 Å². The average molecular weight is 433 g/mol. The third-order valence-corrected chi connectivity index (χ3v) is 7.06. The van der Waals surface area contributed by atoms with Crippen LogP contribution < -0.4 is 9.64 Å². The molecule has 2 aromatic carbocycles. The van der Waals surface area contributed by atoms with E-state index in [0.717, 1.165) is 55.2 Å². The van der Waals surface area contributed by atoms with Gasteiger partial charge in [0, 0.05) is 32.2 Å². The Kier molecular flexibility index (Phi) is 5.56. The van der Waals surface area contributed by atoms with Gasteiger partial charge in [-0.25, -0.2) is 4.98 Å². The highest BCUT2D eigenvalue weighted by atomic mass is 32.1. The van der Waals surface area contributed by atoms with Gasteiger partial charge >= 0.3 is 0 Å². The van der Waals surface area contributed by atoms with Crippen molar-refractivity contribution in [3.63, 3.8) is 0 Å². The summed E-state index contributed by atoms with van der Waals surface area (Å²) in [4.78, 5) is 9.59. The highest BCUT2D eigenvalue weighted by Gasteiger charge is 2.30. The molecule has 0 bridgehead atoms. The second-order valence-electron chi connectivity index (χ2n) is 8.80. The van der Waals surface area contributed by atoms with Crippen molar-refractivity contribution in [3.05, 3.63) is 52.5 Å². The van der Waals surface area contributed by atoms with Crippen LogP contribution in [0.25, 0.3) is 10.2 Å². The number of piperazine rings is 1. The highest BCUT2D eigenvalue weighted by molar-refractivity contribution is 7.18. The van der Waals surface area contributed by atoms with Crippen LogP contribution in [-0.2, 0) is 6.54 Å². The van der Waals surface area contributed by atoms with Crippen molar-refractivity contribution < 1.29 is 4.74 Å². The molecular weight excluding hydrogens is 404 g/mol. The zero-order chi connectivity index (χ0) is 21.4. The molecule has 5 rings (SSSR count). The first-order valence-corrected chi connectivity index (χ1v) is 12.0. The summed E-state index contributed by atoms with van der Waals surface area (Å²) in [5.41, 5.74) is 4.09. The normalized spacial score (nSPS) is 17.3. The minimum Gasteiger partial charge on any atom is -0.491 e. The van der Waals surface area contributed by atoms with Crippen LogP contribution in [0.1, 0.15) is 48.7 Å². The predicted octanol–water partition coefficient (Wildman–Crippen LogP) is 5.15. The van der Waals surface area contributed by atoms with E-state index < -0.39 is 0 Å². The molecule has 1 saturated heterocycles. The molecule has 1 aliphatic carbocycles. The van der Waals surface area contributed by atoms with E-state index in [-0.39, 0.29) is 6.10 Å². The van der Waals surface area contributed by atoms with E-state index in [0.29, 0.717) is 5.92 Å². The maximum absolute atomic E-state index is 9.83. The molecule has 2 heterocycles. The lowest BCUT2D eigenvalue weighted by Gasteiger charge is -2.36. The number of nitriles is 1. The molecule has 6 heteroatoms. The number of thiazole rings is 1. The quantitative estimate of drug-likeness (QED) is 0.539. The van der Waals surface area contributed by atoms with Crippen LogP contribution in [0.4, 0.5) is 5.69 Å². The molecule has 31 heavy (non-hydrogen) atoms. The van der Waals surface area contributed by atoms with E-state index >= 15 is 0 Å². The minimum atomic E-state index is 0.129. The van der Waals surface area contributed by atoms with Gasteiger partial charge in [-0.3, -0.25) is 4.90 Å². The van der Waals surface area contributed by atoms with Crippen LogP contribution in [0.15, 0.2) is 36.4 Å². The van der Waals surface area contributed by atoms with E-state index in [1.54, 1.807) is 11.3 Å². The molecular formula is C25H28N4OS. The summed E-state index contributed by atoms with van der Waals surface area (Å²) in [7, 11) is 0. The van der Waals surface area contributed by atoms with Gasteiger partial charge in [-0.05, 0) is 56.4 Å². The number of para-hydroxylation sites is 1. The molecule has 0 atom stereocenters. The molecule has 2 aliphatic rings. The molecule has 2 fully saturated rings. The average Bonchev–Trinajstić information content (AvgIpc) is 3.53. The third-order valence-electron chi connectivity index (χ3n) is 6.04. The van der Waals surface area contributed by atoms with E-state index in [1.807, 2.05) is 6.07 Å². The molecule has 160 valence electrons. The van der Waals surface area contributed by atoms with Crippen molar-refractivity contribution in [1.29, 1.82) is 5.26 Å². The van der Waals surface area contributed by atoms with E-state index in [2.05, 4.69) is 60.0 Å². The molecule has 0 amide bonds. The van der Waals surface area contributed by atoms with Gasteiger partial charge in [0.15, 0.2) is 0 Å². The summed E-state index contributed by atoms with van der Waals surface area (Å²) in [5.74, 6) is 1.52. The van der Waals surface area contributed by atoms with Crippen LogP contribution in [0.2, 0.25) is 0 Å². The molecule has 1 saturated carbocycles. The van der Waals surface area contributed by atoms with Gasteiger partial charge < -0.3 is 9.64 Å². The van der Waals surface area contributed by atoms with Gasteiger partial charge in [0.05, 0.1) is 34.1 Å². The first kappa shape index (κ1) is 20.3. The molecule has 5 nitrogen and oxygen atoms in total. The van der Waals surface area contributed by atoms with Crippen molar-refractivity contribution in [2.75, 3.05) is 31.1 Å². The lowest BCUT2D eigenvalue weighted by molar-refractivity contribution is 0.239. The molecule has 3 aromatic rings. The number of aromatic nitrogens is 1. The largest absolute Gasteiger partial charge is 0.491 e. The first-order chi connectivity index (χ1) is 15.1. The topological polar surface area (TPSA) is 52.4 Å². The van der Waals surface area contributed by atoms with Crippen LogP contribution in [-0.4, -0.2) is 42.2 Å². The Morgan fingerprint density at radius 3 is 2.61 bits per heavy atom. The Hall–Kier alpha value is -2.62. The molecule has 0 unspecified atom stereocenters. The number of ether oxygens (including phenoxy) is 1. The van der Waals surface area contributed by atoms with Gasteiger partial charge in [-0.2, -0.15) is 5.26 Å². The fourth-order valence-electron chi connectivity index (χ4n) is 4.33.